The Balaban J connectivity index is 0.00000129. The van der Waals surface area contributed by atoms with Gasteiger partial charge < -0.3 is 27.0 Å². The van der Waals surface area contributed by atoms with E-state index >= 15 is 0 Å². The van der Waals surface area contributed by atoms with Crippen LogP contribution in [-0.2, 0) is 22.6 Å². The summed E-state index contributed by atoms with van der Waals surface area (Å²) in [6.45, 7) is 7.69. The van der Waals surface area contributed by atoms with Crippen molar-refractivity contribution < 1.29 is 9.59 Å². The van der Waals surface area contributed by atoms with Crippen LogP contribution in [0.15, 0.2) is 54.6 Å². The second-order valence-electron chi connectivity index (χ2n) is 7.17. The number of hydrogen-bond donors (Lipinski definition) is 5. The van der Waals surface area contributed by atoms with E-state index in [1.807, 2.05) is 75.5 Å². The van der Waals surface area contributed by atoms with E-state index in [0.29, 0.717) is 12.1 Å². The van der Waals surface area contributed by atoms with E-state index in [4.69, 9.17) is 5.73 Å². The molecule has 0 fully saturated rings. The number of amides is 2. The molecule has 0 aliphatic heterocycles. The van der Waals surface area contributed by atoms with Gasteiger partial charge in [0, 0.05) is 12.2 Å². The zero-order valence-electron chi connectivity index (χ0n) is 20.9. The highest BCUT2D eigenvalue weighted by molar-refractivity contribution is 5.95. The summed E-state index contributed by atoms with van der Waals surface area (Å²) in [6, 6.07) is 17.0. The largest absolute Gasteiger partial charge is 0.346 e. The van der Waals surface area contributed by atoms with Crippen molar-refractivity contribution in [1.82, 2.24) is 16.0 Å². The lowest BCUT2D eigenvalue weighted by Gasteiger charge is -2.16. The van der Waals surface area contributed by atoms with E-state index in [9.17, 15) is 9.59 Å². The maximum atomic E-state index is 12.3. The van der Waals surface area contributed by atoms with Crippen LogP contribution in [-0.4, -0.2) is 45.0 Å². The fourth-order valence-electron chi connectivity index (χ4n) is 2.79. The van der Waals surface area contributed by atoms with Crippen molar-refractivity contribution in [3.63, 3.8) is 0 Å². The average molecular weight is 458 g/mol. The van der Waals surface area contributed by atoms with Gasteiger partial charge in [-0.05, 0) is 56.7 Å². The molecule has 0 saturated carbocycles. The van der Waals surface area contributed by atoms with Crippen LogP contribution in [0.25, 0.3) is 0 Å². The van der Waals surface area contributed by atoms with E-state index in [-0.39, 0.29) is 24.4 Å². The molecule has 2 aromatic carbocycles. The van der Waals surface area contributed by atoms with Crippen LogP contribution >= 0.6 is 0 Å². The summed E-state index contributed by atoms with van der Waals surface area (Å²) in [6.07, 6.45) is 2.95. The second kappa shape index (κ2) is 19.9. The van der Waals surface area contributed by atoms with Gasteiger partial charge in [-0.3, -0.25) is 9.59 Å². The van der Waals surface area contributed by atoms with E-state index in [1.54, 1.807) is 7.05 Å². The molecule has 0 radical (unpaired) electrons. The number of likely N-dealkylation sites (N-methyl/N-ethyl adjacent to an activating group) is 1. The number of carbonyl (C=O) groups excluding carboxylic acids is 2. The number of nitrogens with one attached hydrogen (secondary N) is 4. The third-order valence-electron chi connectivity index (χ3n) is 4.55. The minimum absolute atomic E-state index is 0.0654. The van der Waals surface area contributed by atoms with Gasteiger partial charge in [-0.15, -0.1) is 0 Å². The second-order valence-corrected chi connectivity index (χ2v) is 7.17. The van der Waals surface area contributed by atoms with Crippen molar-refractivity contribution in [2.45, 2.75) is 52.6 Å². The van der Waals surface area contributed by atoms with Gasteiger partial charge in [-0.1, -0.05) is 69.7 Å². The average Bonchev–Trinajstić information content (AvgIpc) is 2.85. The van der Waals surface area contributed by atoms with Gasteiger partial charge in [0.25, 0.3) is 0 Å². The fourth-order valence-corrected chi connectivity index (χ4v) is 2.79. The van der Waals surface area contributed by atoms with Gasteiger partial charge in [-0.2, -0.15) is 0 Å². The molecule has 7 heteroatoms. The van der Waals surface area contributed by atoms with Crippen LogP contribution in [0.3, 0.4) is 0 Å². The molecule has 7 nitrogen and oxygen atoms in total. The van der Waals surface area contributed by atoms with Crippen molar-refractivity contribution in [2.24, 2.45) is 5.73 Å². The fraction of sp³-hybridized carbons (Fsp3) is 0.462. The van der Waals surface area contributed by atoms with Gasteiger partial charge in [0.05, 0.1) is 12.6 Å². The third-order valence-corrected chi connectivity index (χ3v) is 4.55. The Morgan fingerprint density at radius 2 is 1.58 bits per heavy atom. The minimum Gasteiger partial charge on any atom is -0.346 e. The van der Waals surface area contributed by atoms with E-state index in [1.165, 1.54) is 12.8 Å². The van der Waals surface area contributed by atoms with Crippen LogP contribution in [0.1, 0.15) is 44.7 Å². The number of unbranched alkanes of at least 4 members (excludes halogenated alkanes) is 1. The summed E-state index contributed by atoms with van der Waals surface area (Å²) in [5.74, 6) is -0.454. The quantitative estimate of drug-likeness (QED) is 0.356. The van der Waals surface area contributed by atoms with Gasteiger partial charge in [0.15, 0.2) is 0 Å². The number of hydrogen-bond acceptors (Lipinski definition) is 5. The molecule has 6 N–H and O–H groups in total. The summed E-state index contributed by atoms with van der Waals surface area (Å²) in [5.41, 5.74) is 8.04. The number of rotatable bonds is 11. The topological polar surface area (TPSA) is 108 Å². The predicted octanol–water partition coefficient (Wildman–Crippen LogP) is 3.06. The summed E-state index contributed by atoms with van der Waals surface area (Å²) in [4.78, 5) is 24.3. The smallest absolute Gasteiger partial charge is 0.243 e. The van der Waals surface area contributed by atoms with Crippen LogP contribution in [0.4, 0.5) is 5.69 Å². The summed E-state index contributed by atoms with van der Waals surface area (Å²) >= 11 is 0. The molecule has 0 aromatic heterocycles. The molecular weight excluding hydrogens is 414 g/mol. The van der Waals surface area contributed by atoms with Gasteiger partial charge in [0.1, 0.15) is 0 Å². The molecule has 2 rings (SSSR count). The Morgan fingerprint density at radius 1 is 0.939 bits per heavy atom. The summed E-state index contributed by atoms with van der Waals surface area (Å²) < 4.78 is 0. The molecule has 2 amide bonds. The summed E-state index contributed by atoms with van der Waals surface area (Å²) in [5, 5.41) is 11.5. The van der Waals surface area contributed by atoms with Crippen LogP contribution < -0.4 is 27.0 Å². The number of carbonyl (C=O) groups is 2. The Hall–Kier alpha value is -2.74. The third kappa shape index (κ3) is 14.1. The lowest BCUT2D eigenvalue weighted by Crippen LogP contribution is -2.46. The lowest BCUT2D eigenvalue weighted by atomic mass is 10.1. The molecule has 1 atom stereocenters. The maximum absolute atomic E-state index is 12.3. The molecule has 0 saturated heterocycles. The Morgan fingerprint density at radius 3 is 2.06 bits per heavy atom. The standard InChI is InChI=1S/C20H26N4O2.C4H11N.C2H6/c1-21-13-16-8-10-17(11-9-16)24-19(25)14-23-20(26)18(22-2)12-15-6-4-3-5-7-15;1-2-3-4-5;1-2/h3-11,18,21-22H,12-14H2,1-2H3,(H,23,26)(H,24,25);2-5H2,1H3;1-2H3/t18-;;/m0../s1. The molecule has 0 spiro atoms. The first-order valence-electron chi connectivity index (χ1n) is 11.8. The normalized spacial score (nSPS) is 10.6. The first kappa shape index (κ1) is 30.3. The predicted molar refractivity (Wildman–Crippen MR) is 139 cm³/mol. The Labute approximate surface area is 199 Å². The molecule has 2 aromatic rings. The molecule has 184 valence electrons. The Bertz CT molecular complexity index is 749. The first-order chi connectivity index (χ1) is 16.0. The molecular formula is C26H43N5O2. The molecule has 0 aliphatic rings. The van der Waals surface area contributed by atoms with Gasteiger partial charge >= 0.3 is 0 Å². The summed E-state index contributed by atoms with van der Waals surface area (Å²) in [7, 11) is 3.62. The SMILES string of the molecule is CC.CCCCN.CNCc1ccc(NC(=O)CNC(=O)[C@H](Cc2ccccc2)NC)cc1. The minimum atomic E-state index is -0.383. The van der Waals surface area contributed by atoms with Crippen molar-refractivity contribution in [3.05, 3.63) is 65.7 Å². The zero-order chi connectivity index (χ0) is 24.9. The van der Waals surface area contributed by atoms with Gasteiger partial charge in [-0.25, -0.2) is 0 Å². The van der Waals surface area contributed by atoms with Crippen molar-refractivity contribution in [2.75, 3.05) is 32.5 Å². The molecule has 0 unspecified atom stereocenters. The first-order valence-corrected chi connectivity index (χ1v) is 11.8. The number of anilines is 1. The molecule has 0 aliphatic carbocycles. The molecule has 0 bridgehead atoms. The van der Waals surface area contributed by atoms with Gasteiger partial charge in [0.2, 0.25) is 11.8 Å². The van der Waals surface area contributed by atoms with E-state index in [0.717, 1.165) is 24.2 Å². The van der Waals surface area contributed by atoms with Crippen molar-refractivity contribution in [1.29, 1.82) is 0 Å². The molecule has 0 heterocycles. The monoisotopic (exact) mass is 457 g/mol. The van der Waals surface area contributed by atoms with Crippen LogP contribution in [0, 0.1) is 0 Å². The number of nitrogens with two attached hydrogens (primary N) is 1. The maximum Gasteiger partial charge on any atom is 0.243 e. The van der Waals surface area contributed by atoms with Crippen molar-refractivity contribution >= 4 is 17.5 Å². The number of benzene rings is 2. The lowest BCUT2D eigenvalue weighted by molar-refractivity contribution is -0.125. The van der Waals surface area contributed by atoms with E-state index < -0.39 is 0 Å². The van der Waals surface area contributed by atoms with E-state index in [2.05, 4.69) is 28.2 Å². The highest BCUT2D eigenvalue weighted by Crippen LogP contribution is 2.09. The van der Waals surface area contributed by atoms with Crippen LogP contribution in [0.2, 0.25) is 0 Å². The van der Waals surface area contributed by atoms with Crippen LogP contribution in [0.5, 0.6) is 0 Å². The Kier molecular flexibility index (Phi) is 18.3. The highest BCUT2D eigenvalue weighted by Gasteiger charge is 2.17. The molecule has 33 heavy (non-hydrogen) atoms. The zero-order valence-corrected chi connectivity index (χ0v) is 20.9. The highest BCUT2D eigenvalue weighted by atomic mass is 16.2. The van der Waals surface area contributed by atoms with Crippen molar-refractivity contribution in [3.8, 4) is 0 Å².